The Bertz CT molecular complexity index is 1400. The first-order valence-corrected chi connectivity index (χ1v) is 11.5. The first kappa shape index (κ1) is 25.0. The molecule has 0 spiro atoms. The minimum absolute atomic E-state index is 0.0692. The molecule has 0 bridgehead atoms. The molecule has 1 aromatic heterocycles. The van der Waals surface area contributed by atoms with E-state index in [0.29, 0.717) is 36.3 Å². The zero-order chi connectivity index (χ0) is 25.7. The van der Waals surface area contributed by atoms with E-state index >= 15 is 0 Å². The van der Waals surface area contributed by atoms with Gasteiger partial charge >= 0.3 is 6.18 Å². The second kappa shape index (κ2) is 10.6. The number of rotatable bonds is 8. The number of para-hydroxylation sites is 2. The zero-order valence-electron chi connectivity index (χ0n) is 19.6. The molecule has 9 heteroatoms. The van der Waals surface area contributed by atoms with Gasteiger partial charge < -0.3 is 15.2 Å². The van der Waals surface area contributed by atoms with Crippen LogP contribution in [0.5, 0.6) is 0 Å². The van der Waals surface area contributed by atoms with Gasteiger partial charge in [-0.2, -0.15) is 13.2 Å². The first-order valence-electron chi connectivity index (χ1n) is 11.5. The molecule has 2 N–H and O–H groups in total. The monoisotopic (exact) mass is 494 g/mol. The van der Waals surface area contributed by atoms with E-state index < -0.39 is 17.6 Å². The average molecular weight is 495 g/mol. The SMILES string of the molecule is Cc1ccccc1C(=O)NCCCc1nc2ccccc2n1CC(=O)Nc1cccc(C(F)(F)F)c1. The summed E-state index contributed by atoms with van der Waals surface area (Å²) in [7, 11) is 0. The lowest BCUT2D eigenvalue weighted by atomic mass is 10.1. The van der Waals surface area contributed by atoms with E-state index in [4.69, 9.17) is 0 Å². The Hall–Kier alpha value is -4.14. The highest BCUT2D eigenvalue weighted by Gasteiger charge is 2.30. The van der Waals surface area contributed by atoms with Crippen molar-refractivity contribution in [2.75, 3.05) is 11.9 Å². The lowest BCUT2D eigenvalue weighted by Gasteiger charge is -2.12. The van der Waals surface area contributed by atoms with Gasteiger partial charge in [0.05, 0.1) is 16.6 Å². The normalized spacial score (nSPS) is 11.4. The summed E-state index contributed by atoms with van der Waals surface area (Å²) in [4.78, 5) is 29.8. The summed E-state index contributed by atoms with van der Waals surface area (Å²) >= 11 is 0. The molecule has 2 amide bonds. The number of anilines is 1. The van der Waals surface area contributed by atoms with E-state index in [9.17, 15) is 22.8 Å². The molecule has 4 rings (SSSR count). The van der Waals surface area contributed by atoms with E-state index in [0.717, 1.165) is 23.2 Å². The molecular weight excluding hydrogens is 469 g/mol. The van der Waals surface area contributed by atoms with Crippen LogP contribution in [0.4, 0.5) is 18.9 Å². The predicted molar refractivity (Wildman–Crippen MR) is 132 cm³/mol. The van der Waals surface area contributed by atoms with E-state index in [-0.39, 0.29) is 18.1 Å². The molecule has 0 radical (unpaired) electrons. The van der Waals surface area contributed by atoms with Gasteiger partial charge in [-0.3, -0.25) is 9.59 Å². The number of amides is 2. The number of benzene rings is 3. The first-order chi connectivity index (χ1) is 17.2. The number of aromatic nitrogens is 2. The van der Waals surface area contributed by atoms with Gasteiger partial charge in [-0.1, -0.05) is 36.4 Å². The van der Waals surface area contributed by atoms with Crippen LogP contribution in [0.1, 0.15) is 33.7 Å². The summed E-state index contributed by atoms with van der Waals surface area (Å²) in [5.74, 6) is 0.0363. The summed E-state index contributed by atoms with van der Waals surface area (Å²) in [6.07, 6.45) is -3.40. The second-order valence-corrected chi connectivity index (χ2v) is 8.40. The fraction of sp³-hybridized carbons (Fsp3) is 0.222. The highest BCUT2D eigenvalue weighted by molar-refractivity contribution is 5.95. The number of carbonyl (C=O) groups is 2. The molecule has 0 saturated heterocycles. The smallest absolute Gasteiger partial charge is 0.352 e. The molecule has 0 aliphatic carbocycles. The van der Waals surface area contributed by atoms with Crippen molar-refractivity contribution < 1.29 is 22.8 Å². The molecular formula is C27H25F3N4O2. The van der Waals surface area contributed by atoms with E-state index in [1.54, 1.807) is 10.6 Å². The van der Waals surface area contributed by atoms with Crippen molar-refractivity contribution in [1.82, 2.24) is 14.9 Å². The molecule has 0 saturated carbocycles. The van der Waals surface area contributed by atoms with Gasteiger partial charge in [0.2, 0.25) is 5.91 Å². The number of hydrogen-bond acceptors (Lipinski definition) is 3. The molecule has 1 heterocycles. The Morgan fingerprint density at radius 3 is 2.50 bits per heavy atom. The Morgan fingerprint density at radius 1 is 0.972 bits per heavy atom. The fourth-order valence-corrected chi connectivity index (χ4v) is 3.98. The summed E-state index contributed by atoms with van der Waals surface area (Å²) < 4.78 is 40.8. The molecule has 0 aliphatic rings. The summed E-state index contributed by atoms with van der Waals surface area (Å²) in [6, 6.07) is 19.2. The van der Waals surface area contributed by atoms with Crippen LogP contribution in [0.2, 0.25) is 0 Å². The van der Waals surface area contributed by atoms with E-state index in [1.807, 2.05) is 49.4 Å². The molecule has 6 nitrogen and oxygen atoms in total. The molecule has 3 aromatic carbocycles. The van der Waals surface area contributed by atoms with Gasteiger partial charge in [-0.05, 0) is 55.3 Å². The maximum absolute atomic E-state index is 13.0. The van der Waals surface area contributed by atoms with Crippen LogP contribution in [0, 0.1) is 6.92 Å². The van der Waals surface area contributed by atoms with Gasteiger partial charge in [0, 0.05) is 24.2 Å². The average Bonchev–Trinajstić information content (AvgIpc) is 3.18. The number of carbonyl (C=O) groups excluding carboxylic acids is 2. The zero-order valence-corrected chi connectivity index (χ0v) is 19.6. The van der Waals surface area contributed by atoms with Crippen LogP contribution in [-0.2, 0) is 23.9 Å². The highest BCUT2D eigenvalue weighted by atomic mass is 19.4. The summed E-state index contributed by atoms with van der Waals surface area (Å²) in [5, 5.41) is 5.45. The number of alkyl halides is 3. The van der Waals surface area contributed by atoms with Crippen molar-refractivity contribution in [3.8, 4) is 0 Å². The van der Waals surface area contributed by atoms with Crippen molar-refractivity contribution in [2.24, 2.45) is 0 Å². The largest absolute Gasteiger partial charge is 0.416 e. The number of nitrogens with zero attached hydrogens (tertiary/aromatic N) is 2. The predicted octanol–water partition coefficient (Wildman–Crippen LogP) is 5.36. The van der Waals surface area contributed by atoms with Crippen molar-refractivity contribution in [3.05, 3.63) is 95.3 Å². The number of imidazole rings is 1. The van der Waals surface area contributed by atoms with Crippen LogP contribution in [0.15, 0.2) is 72.8 Å². The maximum Gasteiger partial charge on any atom is 0.416 e. The number of halogens is 3. The van der Waals surface area contributed by atoms with Gasteiger partial charge in [0.1, 0.15) is 12.4 Å². The van der Waals surface area contributed by atoms with Crippen molar-refractivity contribution in [1.29, 1.82) is 0 Å². The molecule has 0 aliphatic heterocycles. The number of hydrogen-bond donors (Lipinski definition) is 2. The van der Waals surface area contributed by atoms with E-state index in [2.05, 4.69) is 15.6 Å². The van der Waals surface area contributed by atoms with Gasteiger partial charge in [-0.15, -0.1) is 0 Å². The van der Waals surface area contributed by atoms with Gasteiger partial charge in [0.25, 0.3) is 5.91 Å². The second-order valence-electron chi connectivity index (χ2n) is 8.40. The maximum atomic E-state index is 13.0. The Kier molecular flexibility index (Phi) is 7.38. The number of fused-ring (bicyclic) bond motifs is 1. The Balaban J connectivity index is 1.43. The molecule has 0 fully saturated rings. The van der Waals surface area contributed by atoms with Crippen LogP contribution < -0.4 is 10.6 Å². The van der Waals surface area contributed by atoms with Crippen molar-refractivity contribution >= 4 is 28.5 Å². The van der Waals surface area contributed by atoms with E-state index in [1.165, 1.54) is 12.1 Å². The molecule has 0 atom stereocenters. The van der Waals surface area contributed by atoms with Gasteiger partial charge in [-0.25, -0.2) is 4.98 Å². The quantitative estimate of drug-likeness (QED) is 0.324. The third-order valence-corrected chi connectivity index (χ3v) is 5.76. The molecule has 36 heavy (non-hydrogen) atoms. The standard InChI is InChI=1S/C27H25F3N4O2/c1-18-8-2-3-11-21(18)26(36)31-15-7-14-24-33-22-12-4-5-13-23(22)34(24)17-25(35)32-20-10-6-9-19(16-20)27(28,29)30/h2-6,8-13,16H,7,14-15,17H2,1H3,(H,31,36)(H,32,35). The Morgan fingerprint density at radius 2 is 1.72 bits per heavy atom. The van der Waals surface area contributed by atoms with Crippen LogP contribution >= 0.6 is 0 Å². The molecule has 186 valence electrons. The van der Waals surface area contributed by atoms with Crippen molar-refractivity contribution in [2.45, 2.75) is 32.5 Å². The number of nitrogens with one attached hydrogen (secondary N) is 2. The number of aryl methyl sites for hydroxylation is 2. The van der Waals surface area contributed by atoms with Crippen molar-refractivity contribution in [3.63, 3.8) is 0 Å². The third-order valence-electron chi connectivity index (χ3n) is 5.76. The Labute approximate surface area is 206 Å². The summed E-state index contributed by atoms with van der Waals surface area (Å²) in [5.41, 5.74) is 2.21. The highest BCUT2D eigenvalue weighted by Crippen LogP contribution is 2.30. The minimum atomic E-state index is -4.50. The molecule has 0 unspecified atom stereocenters. The fourth-order valence-electron chi connectivity index (χ4n) is 3.98. The third kappa shape index (κ3) is 5.91. The minimum Gasteiger partial charge on any atom is -0.352 e. The van der Waals surface area contributed by atoms with Crippen LogP contribution in [0.25, 0.3) is 11.0 Å². The van der Waals surface area contributed by atoms with Crippen LogP contribution in [0.3, 0.4) is 0 Å². The lowest BCUT2D eigenvalue weighted by Crippen LogP contribution is -2.26. The molecule has 4 aromatic rings. The van der Waals surface area contributed by atoms with Gasteiger partial charge in [0.15, 0.2) is 0 Å². The topological polar surface area (TPSA) is 76.0 Å². The summed E-state index contributed by atoms with van der Waals surface area (Å²) in [6.45, 7) is 2.19. The lowest BCUT2D eigenvalue weighted by molar-refractivity contribution is -0.137. The van der Waals surface area contributed by atoms with Crippen LogP contribution in [-0.4, -0.2) is 27.9 Å².